The minimum Gasteiger partial charge on any atom is -0.310 e. The van der Waals surface area contributed by atoms with Gasteiger partial charge in [-0.25, -0.2) is 4.39 Å². The van der Waals surface area contributed by atoms with Crippen molar-refractivity contribution >= 4 is 15.9 Å². The van der Waals surface area contributed by atoms with Gasteiger partial charge < -0.3 is 5.32 Å². The number of hydrogen-bond donors (Lipinski definition) is 1. The van der Waals surface area contributed by atoms with Gasteiger partial charge >= 0.3 is 0 Å². The van der Waals surface area contributed by atoms with Gasteiger partial charge in [-0.3, -0.25) is 0 Å². The van der Waals surface area contributed by atoms with Crippen molar-refractivity contribution in [3.63, 3.8) is 0 Å². The van der Waals surface area contributed by atoms with Crippen LogP contribution < -0.4 is 5.32 Å². The predicted octanol–water partition coefficient (Wildman–Crippen LogP) is 4.65. The van der Waals surface area contributed by atoms with Gasteiger partial charge in [-0.1, -0.05) is 29.8 Å². The Bertz CT molecular complexity index is 407. The van der Waals surface area contributed by atoms with Gasteiger partial charge in [0.15, 0.2) is 0 Å². The van der Waals surface area contributed by atoms with Crippen LogP contribution in [0.1, 0.15) is 45.1 Å². The molecule has 1 aliphatic rings. The number of nitrogens with one attached hydrogen (secondary N) is 1. The summed E-state index contributed by atoms with van der Waals surface area (Å²) < 4.78 is 14.1. The van der Waals surface area contributed by atoms with Crippen molar-refractivity contribution in [2.24, 2.45) is 5.41 Å². The third kappa shape index (κ3) is 3.79. The topological polar surface area (TPSA) is 12.0 Å². The van der Waals surface area contributed by atoms with Gasteiger partial charge in [0.05, 0.1) is 0 Å². The normalized spacial score (nSPS) is 20.0. The first-order valence-electron chi connectivity index (χ1n) is 6.64. The zero-order valence-electron chi connectivity index (χ0n) is 11.1. The molecule has 0 aromatic heterocycles. The lowest BCUT2D eigenvalue weighted by Crippen LogP contribution is -2.35. The van der Waals surface area contributed by atoms with E-state index in [-0.39, 0.29) is 5.82 Å². The summed E-state index contributed by atoms with van der Waals surface area (Å²) in [5, 5.41) is 3.55. The summed E-state index contributed by atoms with van der Waals surface area (Å²) in [6, 6.07) is 5.44. The zero-order chi connectivity index (χ0) is 13.2. The van der Waals surface area contributed by atoms with Crippen LogP contribution in [0, 0.1) is 11.2 Å². The summed E-state index contributed by atoms with van der Waals surface area (Å²) in [5.74, 6) is -0.167. The van der Waals surface area contributed by atoms with Crippen LogP contribution >= 0.6 is 15.9 Å². The first-order chi connectivity index (χ1) is 8.46. The Morgan fingerprint density at radius 1 is 1.33 bits per heavy atom. The van der Waals surface area contributed by atoms with Crippen molar-refractivity contribution in [1.29, 1.82) is 0 Å². The first kappa shape index (κ1) is 14.0. The maximum atomic E-state index is 13.2. The molecule has 0 spiro atoms. The molecule has 1 fully saturated rings. The average Bonchev–Trinajstić information content (AvgIpc) is 2.32. The summed E-state index contributed by atoms with van der Waals surface area (Å²) in [7, 11) is 0. The fourth-order valence-corrected chi connectivity index (χ4v) is 2.92. The minimum absolute atomic E-state index is 0.167. The van der Waals surface area contributed by atoms with Crippen LogP contribution in [0.4, 0.5) is 4.39 Å². The van der Waals surface area contributed by atoms with Crippen molar-refractivity contribution < 1.29 is 4.39 Å². The zero-order valence-corrected chi connectivity index (χ0v) is 12.7. The Kier molecular flexibility index (Phi) is 4.44. The number of halogens is 2. The molecule has 1 nitrogen and oxygen atoms in total. The Labute approximate surface area is 117 Å². The molecule has 0 heterocycles. The van der Waals surface area contributed by atoms with Crippen molar-refractivity contribution in [3.8, 4) is 0 Å². The van der Waals surface area contributed by atoms with E-state index >= 15 is 0 Å². The average molecular weight is 314 g/mol. The van der Waals surface area contributed by atoms with E-state index in [4.69, 9.17) is 0 Å². The summed E-state index contributed by atoms with van der Waals surface area (Å²) in [4.78, 5) is 0. The highest BCUT2D eigenvalue weighted by atomic mass is 79.9. The van der Waals surface area contributed by atoms with Crippen molar-refractivity contribution in [3.05, 3.63) is 34.1 Å². The van der Waals surface area contributed by atoms with Crippen molar-refractivity contribution in [1.82, 2.24) is 5.32 Å². The summed E-state index contributed by atoms with van der Waals surface area (Å²) in [6.45, 7) is 5.42. The Morgan fingerprint density at radius 2 is 2.00 bits per heavy atom. The molecule has 2 rings (SSSR count). The summed E-state index contributed by atoms with van der Waals surface area (Å²) in [5.41, 5.74) is 1.50. The molecule has 0 atom stereocenters. The van der Waals surface area contributed by atoms with E-state index in [1.54, 1.807) is 12.1 Å². The summed E-state index contributed by atoms with van der Waals surface area (Å²) >= 11 is 3.47. The Hall–Kier alpha value is -0.410. The smallest absolute Gasteiger partial charge is 0.123 e. The van der Waals surface area contributed by atoms with E-state index < -0.39 is 0 Å². The minimum atomic E-state index is -0.167. The molecule has 0 aliphatic heterocycles. The molecule has 0 amide bonds. The van der Waals surface area contributed by atoms with Crippen LogP contribution in [0.5, 0.6) is 0 Å². The molecule has 1 N–H and O–H groups in total. The molecular formula is C15H21BrFN. The van der Waals surface area contributed by atoms with E-state index in [0.717, 1.165) is 16.6 Å². The number of benzene rings is 1. The highest BCUT2D eigenvalue weighted by Crippen LogP contribution is 2.35. The molecule has 1 aromatic rings. The molecule has 1 aromatic carbocycles. The standard InChI is InChI=1S/C15H21BrFN/c1-15(2)7-5-13(6-8-15)18-10-11-9-12(17)3-4-14(11)16/h3-4,9,13,18H,5-8,10H2,1-2H3. The quantitative estimate of drug-likeness (QED) is 0.856. The second kappa shape index (κ2) is 5.70. The first-order valence-corrected chi connectivity index (χ1v) is 7.43. The molecule has 0 bridgehead atoms. The maximum Gasteiger partial charge on any atom is 0.123 e. The highest BCUT2D eigenvalue weighted by Gasteiger charge is 2.26. The monoisotopic (exact) mass is 313 g/mol. The molecule has 0 saturated heterocycles. The fraction of sp³-hybridized carbons (Fsp3) is 0.600. The van der Waals surface area contributed by atoms with Gasteiger partial charge in [0.25, 0.3) is 0 Å². The second-order valence-electron chi connectivity index (χ2n) is 6.06. The number of hydrogen-bond acceptors (Lipinski definition) is 1. The lowest BCUT2D eigenvalue weighted by molar-refractivity contribution is 0.206. The maximum absolute atomic E-state index is 13.2. The van der Waals surface area contributed by atoms with Gasteiger partial charge in [-0.05, 0) is 54.9 Å². The molecule has 1 aliphatic carbocycles. The molecule has 18 heavy (non-hydrogen) atoms. The second-order valence-corrected chi connectivity index (χ2v) is 6.91. The molecule has 0 radical (unpaired) electrons. The van der Waals surface area contributed by atoms with E-state index in [2.05, 4.69) is 35.1 Å². The van der Waals surface area contributed by atoms with Gasteiger partial charge in [0, 0.05) is 17.1 Å². The van der Waals surface area contributed by atoms with E-state index in [1.165, 1.54) is 31.7 Å². The SMILES string of the molecule is CC1(C)CCC(NCc2cc(F)ccc2Br)CC1. The molecule has 0 unspecified atom stereocenters. The lowest BCUT2D eigenvalue weighted by Gasteiger charge is -2.34. The van der Waals surface area contributed by atoms with Crippen molar-refractivity contribution in [2.75, 3.05) is 0 Å². The van der Waals surface area contributed by atoms with Crippen LogP contribution in [0.3, 0.4) is 0 Å². The van der Waals surface area contributed by atoms with Gasteiger partial charge in [-0.15, -0.1) is 0 Å². The van der Waals surface area contributed by atoms with Crippen LogP contribution in [0.2, 0.25) is 0 Å². The van der Waals surface area contributed by atoms with Crippen LogP contribution in [0.15, 0.2) is 22.7 Å². The van der Waals surface area contributed by atoms with Crippen molar-refractivity contribution in [2.45, 2.75) is 52.1 Å². The van der Waals surface area contributed by atoms with Crippen LogP contribution in [-0.4, -0.2) is 6.04 Å². The van der Waals surface area contributed by atoms with E-state index in [0.29, 0.717) is 11.5 Å². The largest absolute Gasteiger partial charge is 0.310 e. The van der Waals surface area contributed by atoms with Gasteiger partial charge in [0.2, 0.25) is 0 Å². The van der Waals surface area contributed by atoms with Gasteiger partial charge in [-0.2, -0.15) is 0 Å². The molecule has 1 saturated carbocycles. The third-order valence-electron chi connectivity index (χ3n) is 3.93. The van der Waals surface area contributed by atoms with E-state index in [9.17, 15) is 4.39 Å². The highest BCUT2D eigenvalue weighted by molar-refractivity contribution is 9.10. The van der Waals surface area contributed by atoms with Crippen LogP contribution in [0.25, 0.3) is 0 Å². The molecule has 3 heteroatoms. The molecule has 100 valence electrons. The van der Waals surface area contributed by atoms with Gasteiger partial charge in [0.1, 0.15) is 5.82 Å². The Balaban J connectivity index is 1.87. The van der Waals surface area contributed by atoms with Crippen LogP contribution in [-0.2, 0) is 6.54 Å². The molecular weight excluding hydrogens is 293 g/mol. The summed E-state index contributed by atoms with van der Waals surface area (Å²) in [6.07, 6.45) is 4.99. The predicted molar refractivity (Wildman–Crippen MR) is 77.0 cm³/mol. The fourth-order valence-electron chi connectivity index (χ4n) is 2.54. The third-order valence-corrected chi connectivity index (χ3v) is 4.70. The van der Waals surface area contributed by atoms with E-state index in [1.807, 2.05) is 0 Å². The Morgan fingerprint density at radius 3 is 2.67 bits per heavy atom. The lowest BCUT2D eigenvalue weighted by atomic mass is 9.75. The number of rotatable bonds is 3.